The summed E-state index contributed by atoms with van der Waals surface area (Å²) in [4.78, 5) is 0. The van der Waals surface area contributed by atoms with Gasteiger partial charge < -0.3 is 0 Å². The van der Waals surface area contributed by atoms with Crippen molar-refractivity contribution >= 4 is 0 Å². The minimum Gasteiger partial charge on any atom is -0.159 e. The fraction of sp³-hybridized carbons (Fsp3) is 0.273. The second-order valence-electron chi connectivity index (χ2n) is 3.31. The van der Waals surface area contributed by atoms with Gasteiger partial charge in [0.25, 0.3) is 0 Å². The SMILES string of the molecule is CCC[n+]1ccc(-c2ccnnc2)cn1. The highest BCUT2D eigenvalue weighted by Crippen LogP contribution is 2.13. The Morgan fingerprint density at radius 1 is 1.13 bits per heavy atom. The number of nitrogens with zero attached hydrogens (tertiary/aromatic N) is 4. The van der Waals surface area contributed by atoms with Crippen molar-refractivity contribution in [1.82, 2.24) is 15.3 Å². The number of hydrogen-bond acceptors (Lipinski definition) is 3. The zero-order chi connectivity index (χ0) is 10.5. The van der Waals surface area contributed by atoms with E-state index >= 15 is 0 Å². The van der Waals surface area contributed by atoms with Crippen molar-refractivity contribution in [2.24, 2.45) is 0 Å². The van der Waals surface area contributed by atoms with Crippen molar-refractivity contribution < 1.29 is 4.68 Å². The molecule has 0 N–H and O–H groups in total. The third kappa shape index (κ3) is 2.34. The zero-order valence-electron chi connectivity index (χ0n) is 8.67. The highest BCUT2D eigenvalue weighted by molar-refractivity contribution is 5.59. The van der Waals surface area contributed by atoms with Crippen LogP contribution >= 0.6 is 0 Å². The average molecular weight is 201 g/mol. The van der Waals surface area contributed by atoms with Gasteiger partial charge in [0.2, 0.25) is 0 Å². The number of hydrogen-bond donors (Lipinski definition) is 0. The molecule has 15 heavy (non-hydrogen) atoms. The molecule has 2 heterocycles. The van der Waals surface area contributed by atoms with Crippen molar-refractivity contribution in [2.45, 2.75) is 19.9 Å². The Bertz CT molecular complexity index is 410. The molecule has 4 heteroatoms. The molecule has 2 aromatic rings. The topological polar surface area (TPSA) is 42.5 Å². The lowest BCUT2D eigenvalue weighted by atomic mass is 10.1. The molecular weight excluding hydrogens is 188 g/mol. The molecule has 0 amide bonds. The van der Waals surface area contributed by atoms with Crippen LogP contribution in [0.5, 0.6) is 0 Å². The first-order valence-corrected chi connectivity index (χ1v) is 5.03. The second kappa shape index (κ2) is 4.59. The lowest BCUT2D eigenvalue weighted by Crippen LogP contribution is -2.36. The monoisotopic (exact) mass is 201 g/mol. The van der Waals surface area contributed by atoms with E-state index in [0.29, 0.717) is 0 Å². The highest BCUT2D eigenvalue weighted by atomic mass is 15.2. The van der Waals surface area contributed by atoms with Gasteiger partial charge in [0.05, 0.1) is 12.4 Å². The van der Waals surface area contributed by atoms with Crippen LogP contribution in [0.3, 0.4) is 0 Å². The third-order valence-corrected chi connectivity index (χ3v) is 2.14. The van der Waals surface area contributed by atoms with Gasteiger partial charge >= 0.3 is 0 Å². The summed E-state index contributed by atoms with van der Waals surface area (Å²) < 4.78 is 1.93. The largest absolute Gasteiger partial charge is 0.196 e. The number of aromatic nitrogens is 4. The van der Waals surface area contributed by atoms with E-state index in [9.17, 15) is 0 Å². The standard InChI is InChI=1S/C11H13N4/c1-2-6-15-7-4-11(9-14-15)10-3-5-12-13-8-10/h3-5,7-9H,2,6H2,1H3/q+1. The van der Waals surface area contributed by atoms with Crippen LogP contribution in [-0.4, -0.2) is 15.3 Å². The van der Waals surface area contributed by atoms with Crippen LogP contribution in [0.25, 0.3) is 11.1 Å². The Morgan fingerprint density at radius 3 is 2.60 bits per heavy atom. The molecule has 0 saturated heterocycles. The molecule has 0 aliphatic carbocycles. The van der Waals surface area contributed by atoms with Crippen molar-refractivity contribution in [3.8, 4) is 11.1 Å². The van der Waals surface area contributed by atoms with Gasteiger partial charge in [-0.25, -0.2) is 0 Å². The number of aryl methyl sites for hydroxylation is 1. The summed E-state index contributed by atoms with van der Waals surface area (Å²) in [5.74, 6) is 0. The predicted molar refractivity (Wildman–Crippen MR) is 55.7 cm³/mol. The van der Waals surface area contributed by atoms with E-state index in [1.807, 2.05) is 29.2 Å². The van der Waals surface area contributed by atoms with Crippen molar-refractivity contribution in [3.05, 3.63) is 36.9 Å². The molecular formula is C11H13N4+. The van der Waals surface area contributed by atoms with Gasteiger partial charge in [-0.05, 0) is 11.2 Å². The Hall–Kier alpha value is -1.84. The minimum atomic E-state index is 0.953. The van der Waals surface area contributed by atoms with Crippen LogP contribution in [0, 0.1) is 0 Å². The maximum Gasteiger partial charge on any atom is 0.196 e. The first-order valence-electron chi connectivity index (χ1n) is 5.03. The van der Waals surface area contributed by atoms with E-state index in [-0.39, 0.29) is 0 Å². The summed E-state index contributed by atoms with van der Waals surface area (Å²) in [7, 11) is 0. The van der Waals surface area contributed by atoms with Crippen LogP contribution in [0.2, 0.25) is 0 Å². The zero-order valence-corrected chi connectivity index (χ0v) is 8.67. The lowest BCUT2D eigenvalue weighted by molar-refractivity contribution is -0.753. The van der Waals surface area contributed by atoms with E-state index in [0.717, 1.165) is 24.1 Å². The minimum absolute atomic E-state index is 0.953. The van der Waals surface area contributed by atoms with Gasteiger partial charge in [0.15, 0.2) is 12.7 Å². The molecule has 0 fully saturated rings. The summed E-state index contributed by atoms with van der Waals surface area (Å²) in [6.07, 6.45) is 8.35. The Morgan fingerprint density at radius 2 is 2.00 bits per heavy atom. The molecule has 2 aromatic heterocycles. The van der Waals surface area contributed by atoms with Crippen molar-refractivity contribution in [3.63, 3.8) is 0 Å². The van der Waals surface area contributed by atoms with Gasteiger partial charge in [0.1, 0.15) is 6.20 Å². The molecule has 0 radical (unpaired) electrons. The maximum absolute atomic E-state index is 4.31. The molecule has 0 saturated carbocycles. The first kappa shape index (κ1) is 9.71. The predicted octanol–water partition coefficient (Wildman–Crippen LogP) is 1.24. The molecule has 0 bridgehead atoms. The molecule has 0 unspecified atom stereocenters. The molecule has 0 atom stereocenters. The van der Waals surface area contributed by atoms with E-state index in [2.05, 4.69) is 22.2 Å². The molecule has 0 aliphatic rings. The van der Waals surface area contributed by atoms with Gasteiger partial charge in [0, 0.05) is 23.6 Å². The maximum atomic E-state index is 4.31. The Balaban J connectivity index is 2.24. The smallest absolute Gasteiger partial charge is 0.159 e. The van der Waals surface area contributed by atoms with Crippen LogP contribution in [0.15, 0.2) is 36.9 Å². The summed E-state index contributed by atoms with van der Waals surface area (Å²) in [6, 6.07) is 3.97. The van der Waals surface area contributed by atoms with E-state index in [4.69, 9.17) is 0 Å². The van der Waals surface area contributed by atoms with Crippen LogP contribution in [-0.2, 0) is 6.54 Å². The average Bonchev–Trinajstić information content (AvgIpc) is 2.32. The van der Waals surface area contributed by atoms with Crippen LogP contribution in [0.1, 0.15) is 13.3 Å². The Labute approximate surface area is 88.6 Å². The second-order valence-corrected chi connectivity index (χ2v) is 3.31. The highest BCUT2D eigenvalue weighted by Gasteiger charge is 2.02. The fourth-order valence-corrected chi connectivity index (χ4v) is 1.38. The van der Waals surface area contributed by atoms with Gasteiger partial charge in [-0.15, -0.1) is 0 Å². The number of rotatable bonds is 3. The van der Waals surface area contributed by atoms with Crippen LogP contribution in [0.4, 0.5) is 0 Å². The molecule has 76 valence electrons. The molecule has 0 aromatic carbocycles. The molecule has 0 spiro atoms. The molecule has 0 aliphatic heterocycles. The summed E-state index contributed by atoms with van der Waals surface area (Å²) >= 11 is 0. The van der Waals surface area contributed by atoms with Gasteiger partial charge in [-0.3, -0.25) is 0 Å². The van der Waals surface area contributed by atoms with Crippen molar-refractivity contribution in [1.29, 1.82) is 0 Å². The van der Waals surface area contributed by atoms with Gasteiger partial charge in [-0.2, -0.15) is 10.2 Å². The normalized spacial score (nSPS) is 10.2. The van der Waals surface area contributed by atoms with Crippen LogP contribution < -0.4 is 4.68 Å². The summed E-state index contributed by atoms with van der Waals surface area (Å²) in [5, 5.41) is 11.9. The fourth-order valence-electron chi connectivity index (χ4n) is 1.38. The van der Waals surface area contributed by atoms with Gasteiger partial charge in [-0.1, -0.05) is 11.6 Å². The third-order valence-electron chi connectivity index (χ3n) is 2.14. The quantitative estimate of drug-likeness (QED) is 0.701. The van der Waals surface area contributed by atoms with Crippen molar-refractivity contribution in [2.75, 3.05) is 0 Å². The summed E-state index contributed by atoms with van der Waals surface area (Å²) in [6.45, 7) is 3.09. The lowest BCUT2D eigenvalue weighted by Gasteiger charge is -1.97. The summed E-state index contributed by atoms with van der Waals surface area (Å²) in [5.41, 5.74) is 2.11. The molecule has 4 nitrogen and oxygen atoms in total. The first-order chi connectivity index (χ1) is 7.40. The van der Waals surface area contributed by atoms with E-state index in [1.165, 1.54) is 0 Å². The molecule has 2 rings (SSSR count). The van der Waals surface area contributed by atoms with E-state index in [1.54, 1.807) is 12.4 Å². The Kier molecular flexibility index (Phi) is 2.97. The van der Waals surface area contributed by atoms with E-state index < -0.39 is 0 Å².